The lowest BCUT2D eigenvalue weighted by Crippen LogP contribution is -2.48. The number of nitrogens with zero attached hydrogens (tertiary/aromatic N) is 4. The quantitative estimate of drug-likeness (QED) is 0.426. The maximum absolute atomic E-state index is 13.0. The number of halogens is 2. The number of rotatable bonds is 4. The van der Waals surface area contributed by atoms with E-state index in [2.05, 4.69) is 4.98 Å². The number of hydrogen-bond acceptors (Lipinski definition) is 6. The molecule has 2 heterocycles. The smallest absolute Gasteiger partial charge is 0.301 e. The van der Waals surface area contributed by atoms with E-state index in [1.165, 1.54) is 22.5 Å². The molecule has 11 heteroatoms. The summed E-state index contributed by atoms with van der Waals surface area (Å²) in [6.45, 7) is 0.912. The number of nitro benzene ring substituents is 1. The van der Waals surface area contributed by atoms with Crippen molar-refractivity contribution >= 4 is 55.5 Å². The summed E-state index contributed by atoms with van der Waals surface area (Å²) in [5.41, 5.74) is 0.942. The van der Waals surface area contributed by atoms with E-state index in [1.807, 2.05) is 4.90 Å². The van der Waals surface area contributed by atoms with Crippen LogP contribution in [0.4, 0.5) is 11.4 Å². The third-order valence-electron chi connectivity index (χ3n) is 5.01. The Morgan fingerprint density at radius 1 is 1.03 bits per heavy atom. The van der Waals surface area contributed by atoms with Gasteiger partial charge in [0.15, 0.2) is 0 Å². The first-order valence-electron chi connectivity index (χ1n) is 9.01. The Morgan fingerprint density at radius 2 is 1.77 bits per heavy atom. The van der Waals surface area contributed by atoms with Gasteiger partial charge in [0.2, 0.25) is 10.0 Å². The van der Waals surface area contributed by atoms with Crippen LogP contribution in [0.3, 0.4) is 0 Å². The van der Waals surface area contributed by atoms with E-state index in [-0.39, 0.29) is 33.7 Å². The number of benzene rings is 2. The molecule has 0 aliphatic carbocycles. The third kappa shape index (κ3) is 3.69. The van der Waals surface area contributed by atoms with E-state index in [4.69, 9.17) is 23.2 Å². The van der Waals surface area contributed by atoms with Crippen LogP contribution in [0.5, 0.6) is 0 Å². The Bertz CT molecular complexity index is 1240. The van der Waals surface area contributed by atoms with Crippen LogP contribution in [-0.4, -0.2) is 48.8 Å². The van der Waals surface area contributed by atoms with Crippen LogP contribution >= 0.6 is 23.2 Å². The number of fused-ring (bicyclic) bond motifs is 1. The summed E-state index contributed by atoms with van der Waals surface area (Å²) in [7, 11) is -3.84. The van der Waals surface area contributed by atoms with E-state index in [0.717, 1.165) is 0 Å². The van der Waals surface area contributed by atoms with Gasteiger partial charge in [-0.25, -0.2) is 8.42 Å². The van der Waals surface area contributed by atoms with Crippen molar-refractivity contribution in [3.05, 3.63) is 68.8 Å². The van der Waals surface area contributed by atoms with Crippen LogP contribution in [0, 0.1) is 10.1 Å². The number of sulfonamides is 1. The van der Waals surface area contributed by atoms with Crippen molar-refractivity contribution in [2.24, 2.45) is 0 Å². The summed E-state index contributed by atoms with van der Waals surface area (Å²) in [5, 5.41) is 12.6. The summed E-state index contributed by atoms with van der Waals surface area (Å²) in [5.74, 6) is 0. The van der Waals surface area contributed by atoms with Crippen molar-refractivity contribution in [2.75, 3.05) is 31.1 Å². The lowest BCUT2D eigenvalue weighted by atomic mass is 10.1. The highest BCUT2D eigenvalue weighted by Crippen LogP contribution is 2.36. The fraction of sp³-hybridized carbons (Fsp3) is 0.211. The van der Waals surface area contributed by atoms with Gasteiger partial charge in [0, 0.05) is 37.4 Å². The molecule has 1 aliphatic heterocycles. The van der Waals surface area contributed by atoms with Crippen molar-refractivity contribution < 1.29 is 13.3 Å². The molecular formula is C19H16Cl2N4O4S. The van der Waals surface area contributed by atoms with Crippen LogP contribution in [0.25, 0.3) is 10.9 Å². The second kappa shape index (κ2) is 7.99. The first kappa shape index (κ1) is 20.8. The van der Waals surface area contributed by atoms with Gasteiger partial charge in [-0.15, -0.1) is 0 Å². The molecule has 30 heavy (non-hydrogen) atoms. The number of nitro groups is 1. The molecule has 0 atom stereocenters. The molecule has 3 aromatic rings. The van der Waals surface area contributed by atoms with Gasteiger partial charge >= 0.3 is 5.69 Å². The average molecular weight is 467 g/mol. The standard InChI is InChI=1S/C19H16Cl2N4O4S/c20-13-3-4-15(21)18(12-13)30(28,29)24-10-8-23(9-11-24)17-6-5-16-14(2-1-7-22-16)19(17)25(26)27/h1-7,12H,8-11H2. The lowest BCUT2D eigenvalue weighted by Gasteiger charge is -2.35. The average Bonchev–Trinajstić information content (AvgIpc) is 2.74. The molecule has 156 valence electrons. The topological polar surface area (TPSA) is 96.6 Å². The number of aromatic nitrogens is 1. The molecule has 4 rings (SSSR count). The normalized spacial score (nSPS) is 15.5. The van der Waals surface area contributed by atoms with Gasteiger partial charge in [-0.05, 0) is 42.5 Å². The summed E-state index contributed by atoms with van der Waals surface area (Å²) < 4.78 is 27.3. The van der Waals surface area contributed by atoms with Crippen molar-refractivity contribution in [1.82, 2.24) is 9.29 Å². The predicted octanol–water partition coefficient (Wildman–Crippen LogP) is 3.96. The van der Waals surface area contributed by atoms with E-state index in [0.29, 0.717) is 29.7 Å². The van der Waals surface area contributed by atoms with Crippen LogP contribution in [0.1, 0.15) is 0 Å². The SMILES string of the molecule is O=[N+]([O-])c1c(N2CCN(S(=O)(=O)c3cc(Cl)ccc3Cl)CC2)ccc2ncccc12. The molecule has 0 radical (unpaired) electrons. The van der Waals surface area contributed by atoms with Crippen LogP contribution in [-0.2, 0) is 10.0 Å². The molecule has 8 nitrogen and oxygen atoms in total. The second-order valence-electron chi connectivity index (χ2n) is 6.73. The zero-order chi connectivity index (χ0) is 21.5. The van der Waals surface area contributed by atoms with E-state index in [1.54, 1.807) is 30.5 Å². The molecular weight excluding hydrogens is 451 g/mol. The van der Waals surface area contributed by atoms with Gasteiger partial charge in [-0.2, -0.15) is 4.31 Å². The molecule has 0 unspecified atom stereocenters. The molecule has 1 aromatic heterocycles. The molecule has 0 saturated carbocycles. The predicted molar refractivity (Wildman–Crippen MR) is 116 cm³/mol. The Labute approximate surface area is 182 Å². The van der Waals surface area contributed by atoms with E-state index in [9.17, 15) is 18.5 Å². The minimum Gasteiger partial charge on any atom is -0.363 e. The third-order valence-corrected chi connectivity index (χ3v) is 7.62. The molecule has 0 amide bonds. The highest BCUT2D eigenvalue weighted by atomic mass is 35.5. The van der Waals surface area contributed by atoms with Crippen LogP contribution < -0.4 is 4.90 Å². The van der Waals surface area contributed by atoms with Gasteiger partial charge in [-0.3, -0.25) is 15.1 Å². The van der Waals surface area contributed by atoms with Crippen LogP contribution in [0.15, 0.2) is 53.6 Å². The first-order valence-corrected chi connectivity index (χ1v) is 11.2. The van der Waals surface area contributed by atoms with E-state index < -0.39 is 14.9 Å². The molecule has 1 saturated heterocycles. The zero-order valence-electron chi connectivity index (χ0n) is 15.5. The fourth-order valence-corrected chi connectivity index (χ4v) is 5.72. The second-order valence-corrected chi connectivity index (χ2v) is 9.48. The van der Waals surface area contributed by atoms with Crippen molar-refractivity contribution in [2.45, 2.75) is 4.90 Å². The minimum atomic E-state index is -3.84. The first-order chi connectivity index (χ1) is 14.3. The van der Waals surface area contributed by atoms with Crippen molar-refractivity contribution in [3.8, 4) is 0 Å². The summed E-state index contributed by atoms with van der Waals surface area (Å²) in [6, 6.07) is 11.0. The Morgan fingerprint density at radius 3 is 2.47 bits per heavy atom. The fourth-order valence-electron chi connectivity index (χ4n) is 3.56. The van der Waals surface area contributed by atoms with Gasteiger partial charge in [0.05, 0.1) is 20.8 Å². The lowest BCUT2D eigenvalue weighted by molar-refractivity contribution is -0.382. The highest BCUT2D eigenvalue weighted by Gasteiger charge is 2.32. The number of anilines is 1. The molecule has 1 aliphatic rings. The van der Waals surface area contributed by atoms with Gasteiger partial charge < -0.3 is 4.90 Å². The number of hydrogen-bond donors (Lipinski definition) is 0. The Hall–Kier alpha value is -2.46. The van der Waals surface area contributed by atoms with Gasteiger partial charge in [-0.1, -0.05) is 23.2 Å². The number of piperazine rings is 1. The monoisotopic (exact) mass is 466 g/mol. The Kier molecular flexibility index (Phi) is 5.54. The Balaban J connectivity index is 1.62. The van der Waals surface area contributed by atoms with E-state index >= 15 is 0 Å². The maximum atomic E-state index is 13.0. The molecule has 0 bridgehead atoms. The number of pyridine rings is 1. The zero-order valence-corrected chi connectivity index (χ0v) is 17.9. The summed E-state index contributed by atoms with van der Waals surface area (Å²) in [6.07, 6.45) is 1.58. The maximum Gasteiger partial charge on any atom is 0.301 e. The largest absolute Gasteiger partial charge is 0.363 e. The molecule has 0 spiro atoms. The molecule has 1 fully saturated rings. The minimum absolute atomic E-state index is 0.0326. The molecule has 0 N–H and O–H groups in total. The summed E-state index contributed by atoms with van der Waals surface area (Å²) >= 11 is 12.0. The van der Waals surface area contributed by atoms with Gasteiger partial charge in [0.25, 0.3) is 0 Å². The van der Waals surface area contributed by atoms with Gasteiger partial charge in [0.1, 0.15) is 10.6 Å². The van der Waals surface area contributed by atoms with Crippen molar-refractivity contribution in [3.63, 3.8) is 0 Å². The summed E-state index contributed by atoms with van der Waals surface area (Å²) in [4.78, 5) is 17.3. The highest BCUT2D eigenvalue weighted by molar-refractivity contribution is 7.89. The van der Waals surface area contributed by atoms with Crippen LogP contribution in [0.2, 0.25) is 10.0 Å². The van der Waals surface area contributed by atoms with Crippen molar-refractivity contribution in [1.29, 1.82) is 0 Å². The molecule has 2 aromatic carbocycles.